The summed E-state index contributed by atoms with van der Waals surface area (Å²) in [5.74, 6) is 0.442. The zero-order valence-corrected chi connectivity index (χ0v) is 15.2. The third kappa shape index (κ3) is 3.63. The maximum atomic E-state index is 12.0. The van der Waals surface area contributed by atoms with Crippen LogP contribution in [0.1, 0.15) is 9.67 Å². The van der Waals surface area contributed by atoms with Crippen LogP contribution in [0, 0.1) is 0 Å². The Morgan fingerprint density at radius 2 is 2.17 bits per heavy atom. The van der Waals surface area contributed by atoms with E-state index in [9.17, 15) is 4.79 Å². The standard InChI is InChI=1S/C13H13N7OS3/c1-20(2)9-8(14)11(16-6-15-9)23-13-19-18-12(24-13)17-10(21)7-4-3-5-22-7/h3-6H,14H2,1-2H3,(H,17,18,21). The molecule has 0 fully saturated rings. The molecule has 11 heteroatoms. The van der Waals surface area contributed by atoms with E-state index >= 15 is 0 Å². The number of anilines is 3. The predicted octanol–water partition coefficient (Wildman–Crippen LogP) is 2.44. The van der Waals surface area contributed by atoms with Crippen molar-refractivity contribution < 1.29 is 4.79 Å². The average molecular weight is 379 g/mol. The Morgan fingerprint density at radius 3 is 2.88 bits per heavy atom. The molecule has 1 amide bonds. The molecule has 3 aromatic heterocycles. The maximum absolute atomic E-state index is 12.0. The van der Waals surface area contributed by atoms with E-state index < -0.39 is 0 Å². The minimum atomic E-state index is -0.200. The van der Waals surface area contributed by atoms with Crippen LogP contribution in [-0.2, 0) is 0 Å². The molecular formula is C13H13N7OS3. The smallest absolute Gasteiger partial charge is 0.267 e. The molecular weight excluding hydrogens is 366 g/mol. The Hall–Kier alpha value is -2.24. The van der Waals surface area contributed by atoms with Gasteiger partial charge in [0.1, 0.15) is 17.0 Å². The Bertz CT molecular complexity index is 847. The molecule has 0 spiro atoms. The number of amides is 1. The quantitative estimate of drug-likeness (QED) is 0.514. The van der Waals surface area contributed by atoms with E-state index in [2.05, 4.69) is 25.5 Å². The highest BCUT2D eigenvalue weighted by Gasteiger charge is 2.15. The van der Waals surface area contributed by atoms with Crippen LogP contribution >= 0.6 is 34.4 Å². The fraction of sp³-hybridized carbons (Fsp3) is 0.154. The Labute approximate surface area is 150 Å². The molecule has 3 N–H and O–H groups in total. The first-order valence-electron chi connectivity index (χ1n) is 6.68. The zero-order valence-electron chi connectivity index (χ0n) is 12.8. The first kappa shape index (κ1) is 16.6. The number of nitrogens with zero attached hydrogens (tertiary/aromatic N) is 5. The van der Waals surface area contributed by atoms with Crippen LogP contribution in [0.2, 0.25) is 0 Å². The maximum Gasteiger partial charge on any atom is 0.267 e. The van der Waals surface area contributed by atoms with Crippen molar-refractivity contribution in [3.63, 3.8) is 0 Å². The lowest BCUT2D eigenvalue weighted by Crippen LogP contribution is -2.14. The van der Waals surface area contributed by atoms with Crippen LogP contribution < -0.4 is 16.0 Å². The number of nitrogen functional groups attached to an aromatic ring is 1. The van der Waals surface area contributed by atoms with Crippen LogP contribution in [-0.4, -0.2) is 40.2 Å². The molecule has 0 aliphatic rings. The summed E-state index contributed by atoms with van der Waals surface area (Å²) in [6, 6.07) is 3.57. The van der Waals surface area contributed by atoms with Crippen molar-refractivity contribution in [1.82, 2.24) is 20.2 Å². The molecule has 3 heterocycles. The van der Waals surface area contributed by atoms with Gasteiger partial charge < -0.3 is 10.6 Å². The van der Waals surface area contributed by atoms with Crippen molar-refractivity contribution in [2.75, 3.05) is 30.0 Å². The molecule has 0 atom stereocenters. The first-order valence-corrected chi connectivity index (χ1v) is 9.20. The van der Waals surface area contributed by atoms with Gasteiger partial charge in [0.25, 0.3) is 5.91 Å². The van der Waals surface area contributed by atoms with Crippen molar-refractivity contribution in [3.8, 4) is 0 Å². The summed E-state index contributed by atoms with van der Waals surface area (Å²) in [7, 11) is 3.71. The molecule has 3 aromatic rings. The molecule has 0 aromatic carbocycles. The number of carbonyl (C=O) groups is 1. The summed E-state index contributed by atoms with van der Waals surface area (Å²) in [6.45, 7) is 0. The van der Waals surface area contributed by atoms with Gasteiger partial charge >= 0.3 is 0 Å². The first-order chi connectivity index (χ1) is 11.5. The predicted molar refractivity (Wildman–Crippen MR) is 97.1 cm³/mol. The molecule has 0 bridgehead atoms. The normalized spacial score (nSPS) is 10.6. The minimum Gasteiger partial charge on any atom is -0.394 e. The van der Waals surface area contributed by atoms with Gasteiger partial charge in [-0.15, -0.1) is 21.5 Å². The summed E-state index contributed by atoms with van der Waals surface area (Å²) >= 11 is 3.91. The van der Waals surface area contributed by atoms with E-state index in [0.29, 0.717) is 30.9 Å². The van der Waals surface area contributed by atoms with E-state index in [0.717, 1.165) is 0 Å². The fourth-order valence-corrected chi connectivity index (χ4v) is 4.04. The highest BCUT2D eigenvalue weighted by Crippen LogP contribution is 2.36. The van der Waals surface area contributed by atoms with Crippen LogP contribution in [0.5, 0.6) is 0 Å². The number of hydrogen-bond acceptors (Lipinski definition) is 10. The third-order valence-electron chi connectivity index (χ3n) is 2.81. The average Bonchev–Trinajstić information content (AvgIpc) is 3.21. The lowest BCUT2D eigenvalue weighted by Gasteiger charge is -2.14. The number of rotatable bonds is 5. The molecule has 8 nitrogen and oxygen atoms in total. The second-order valence-electron chi connectivity index (χ2n) is 4.72. The van der Waals surface area contributed by atoms with Gasteiger partial charge in [-0.05, 0) is 23.2 Å². The second kappa shape index (κ2) is 7.11. The largest absolute Gasteiger partial charge is 0.394 e. The van der Waals surface area contributed by atoms with Gasteiger partial charge in [-0.25, -0.2) is 9.97 Å². The molecule has 0 aliphatic heterocycles. The van der Waals surface area contributed by atoms with Crippen molar-refractivity contribution >= 4 is 57.0 Å². The van der Waals surface area contributed by atoms with Crippen LogP contribution in [0.4, 0.5) is 16.6 Å². The fourth-order valence-electron chi connectivity index (χ4n) is 1.76. The monoisotopic (exact) mass is 379 g/mol. The molecule has 0 unspecified atom stereocenters. The number of hydrogen-bond donors (Lipinski definition) is 2. The van der Waals surface area contributed by atoms with Crippen molar-refractivity contribution in [3.05, 3.63) is 28.7 Å². The van der Waals surface area contributed by atoms with E-state index in [1.807, 2.05) is 30.4 Å². The molecule has 0 radical (unpaired) electrons. The van der Waals surface area contributed by atoms with Gasteiger partial charge in [0, 0.05) is 14.1 Å². The van der Waals surface area contributed by atoms with Gasteiger partial charge in [0.15, 0.2) is 10.2 Å². The van der Waals surface area contributed by atoms with Gasteiger partial charge in [-0.2, -0.15) is 0 Å². The summed E-state index contributed by atoms with van der Waals surface area (Å²) in [4.78, 5) is 22.8. The van der Waals surface area contributed by atoms with Crippen LogP contribution in [0.25, 0.3) is 0 Å². The molecule has 0 saturated heterocycles. The Morgan fingerprint density at radius 1 is 1.33 bits per heavy atom. The Balaban J connectivity index is 1.73. The zero-order chi connectivity index (χ0) is 17.1. The summed E-state index contributed by atoms with van der Waals surface area (Å²) in [5, 5.41) is 13.6. The molecule has 3 rings (SSSR count). The van der Waals surface area contributed by atoms with E-state index in [-0.39, 0.29) is 5.91 Å². The number of nitrogens with one attached hydrogen (secondary N) is 1. The summed E-state index contributed by atoms with van der Waals surface area (Å²) < 4.78 is 0.631. The van der Waals surface area contributed by atoms with Crippen LogP contribution in [0.3, 0.4) is 0 Å². The van der Waals surface area contributed by atoms with Gasteiger partial charge in [0.2, 0.25) is 5.13 Å². The van der Waals surface area contributed by atoms with Gasteiger partial charge in [-0.3, -0.25) is 10.1 Å². The van der Waals surface area contributed by atoms with E-state index in [4.69, 9.17) is 5.73 Å². The highest BCUT2D eigenvalue weighted by molar-refractivity contribution is 8.01. The third-order valence-corrected chi connectivity index (χ3v) is 5.58. The number of nitrogens with two attached hydrogens (primary N) is 1. The van der Waals surface area contributed by atoms with Crippen molar-refractivity contribution in [2.24, 2.45) is 0 Å². The van der Waals surface area contributed by atoms with Crippen molar-refractivity contribution in [1.29, 1.82) is 0 Å². The van der Waals surface area contributed by atoms with Gasteiger partial charge in [-0.1, -0.05) is 17.4 Å². The SMILES string of the molecule is CN(C)c1ncnc(Sc2nnc(NC(=O)c3cccs3)s2)c1N. The lowest BCUT2D eigenvalue weighted by atomic mass is 10.4. The molecule has 0 aliphatic carbocycles. The summed E-state index contributed by atoms with van der Waals surface area (Å²) in [5.41, 5.74) is 6.56. The number of carbonyl (C=O) groups excluding carboxylic acids is 1. The minimum absolute atomic E-state index is 0.200. The van der Waals surface area contributed by atoms with Crippen molar-refractivity contribution in [2.45, 2.75) is 9.37 Å². The van der Waals surface area contributed by atoms with E-state index in [1.165, 1.54) is 40.8 Å². The Kier molecular flexibility index (Phi) is 4.92. The number of thiophene rings is 1. The lowest BCUT2D eigenvalue weighted by molar-refractivity contribution is 0.103. The van der Waals surface area contributed by atoms with Gasteiger partial charge in [0.05, 0.1) is 4.88 Å². The highest BCUT2D eigenvalue weighted by atomic mass is 32.2. The van der Waals surface area contributed by atoms with E-state index in [1.54, 1.807) is 6.07 Å². The summed E-state index contributed by atoms with van der Waals surface area (Å²) in [6.07, 6.45) is 1.45. The topological polar surface area (TPSA) is 110 Å². The van der Waals surface area contributed by atoms with Crippen LogP contribution in [0.15, 0.2) is 33.2 Å². The number of aromatic nitrogens is 4. The second-order valence-corrected chi connectivity index (χ2v) is 7.88. The molecule has 24 heavy (non-hydrogen) atoms. The molecule has 0 saturated carbocycles. The molecule has 124 valence electrons.